The summed E-state index contributed by atoms with van der Waals surface area (Å²) in [4.78, 5) is 22.0. The number of nitrogens with one attached hydrogen (secondary N) is 1. The number of rotatable bonds is 6. The van der Waals surface area contributed by atoms with Crippen LogP contribution in [-0.4, -0.2) is 47.5 Å². The summed E-state index contributed by atoms with van der Waals surface area (Å²) in [5.74, 6) is 1.59. The molecule has 2 aliphatic heterocycles. The van der Waals surface area contributed by atoms with Crippen LogP contribution in [0.3, 0.4) is 0 Å². The minimum atomic E-state index is -0.0813. The first kappa shape index (κ1) is 22.5. The van der Waals surface area contributed by atoms with Crippen molar-refractivity contribution in [2.75, 3.05) is 24.5 Å². The maximum absolute atomic E-state index is 13.1. The number of nitriles is 1. The molecule has 0 spiro atoms. The van der Waals surface area contributed by atoms with Crippen LogP contribution in [0.1, 0.15) is 43.7 Å². The number of piperazine rings is 1. The summed E-state index contributed by atoms with van der Waals surface area (Å²) in [6.45, 7) is 4.34. The zero-order valence-electron chi connectivity index (χ0n) is 18.6. The summed E-state index contributed by atoms with van der Waals surface area (Å²) in [6, 6.07) is 12.2. The number of hydrogen-bond acceptors (Lipinski definition) is 5. The molecule has 1 aromatic carbocycles. The lowest BCUT2D eigenvalue weighted by Gasteiger charge is -2.42. The highest BCUT2D eigenvalue weighted by Crippen LogP contribution is 2.46. The highest BCUT2D eigenvalue weighted by atomic mass is 35.5. The fraction of sp³-hybridized carbons (Fsp3) is 0.480. The largest absolute Gasteiger partial charge is 0.347 e. The second-order valence-corrected chi connectivity index (χ2v) is 10.4. The van der Waals surface area contributed by atoms with E-state index in [9.17, 15) is 4.79 Å². The van der Waals surface area contributed by atoms with Gasteiger partial charge in [0.05, 0.1) is 21.7 Å². The smallest absolute Gasteiger partial charge is 0.223 e. The number of carbonyl (C=O) groups is 1. The van der Waals surface area contributed by atoms with E-state index in [-0.39, 0.29) is 23.5 Å². The molecule has 3 heterocycles. The number of aromatic nitrogens is 1. The SMILES string of the molecule is C[C@H]1CC2CN(C(=O)CCNC3(c4ccc(Cl)c(Cl)c4)CC3)CC1N2c1ccc(C#N)cn1. The fourth-order valence-corrected chi connectivity index (χ4v) is 5.75. The molecule has 6 nitrogen and oxygen atoms in total. The van der Waals surface area contributed by atoms with Crippen LogP contribution in [0.2, 0.25) is 10.0 Å². The van der Waals surface area contributed by atoms with Crippen LogP contribution < -0.4 is 10.2 Å². The minimum Gasteiger partial charge on any atom is -0.347 e. The molecular weight excluding hydrogens is 457 g/mol. The minimum absolute atomic E-state index is 0.0813. The van der Waals surface area contributed by atoms with Gasteiger partial charge >= 0.3 is 0 Å². The number of hydrogen-bond donors (Lipinski definition) is 1. The van der Waals surface area contributed by atoms with Crippen LogP contribution in [0.4, 0.5) is 5.82 Å². The molecular formula is C25H27Cl2N5O. The number of amides is 1. The lowest BCUT2D eigenvalue weighted by molar-refractivity contribution is -0.132. The standard InChI is InChI=1S/C25H27Cl2N5O/c1-16-10-19-14-31(15-22(16)32(19)23-5-2-17(12-28)13-29-23)24(33)6-9-30-25(7-8-25)18-3-4-20(26)21(27)11-18/h2-5,11,13,16,19,22,30H,6-10,14-15H2,1H3/t16-,19?,22?/m0/s1. The Bertz CT molecular complexity index is 1090. The van der Waals surface area contributed by atoms with E-state index in [4.69, 9.17) is 28.5 Å². The molecule has 1 amide bonds. The predicted molar refractivity (Wildman–Crippen MR) is 129 cm³/mol. The molecule has 5 rings (SSSR count). The maximum atomic E-state index is 13.1. The van der Waals surface area contributed by atoms with Crippen molar-refractivity contribution in [3.05, 3.63) is 57.7 Å². The zero-order chi connectivity index (χ0) is 23.2. The highest BCUT2D eigenvalue weighted by molar-refractivity contribution is 6.42. The Labute approximate surface area is 204 Å². The van der Waals surface area contributed by atoms with Crippen LogP contribution >= 0.6 is 23.2 Å². The number of carbonyl (C=O) groups excluding carboxylic acids is 1. The van der Waals surface area contributed by atoms with Crippen LogP contribution in [0, 0.1) is 17.2 Å². The van der Waals surface area contributed by atoms with E-state index in [1.165, 1.54) is 0 Å². The first-order chi connectivity index (χ1) is 15.9. The Morgan fingerprint density at radius 3 is 2.70 bits per heavy atom. The van der Waals surface area contributed by atoms with Crippen molar-refractivity contribution in [3.8, 4) is 6.07 Å². The van der Waals surface area contributed by atoms with Crippen LogP contribution in [0.25, 0.3) is 0 Å². The molecule has 2 unspecified atom stereocenters. The summed E-state index contributed by atoms with van der Waals surface area (Å²) in [7, 11) is 0. The van der Waals surface area contributed by atoms with Gasteiger partial charge < -0.3 is 15.1 Å². The van der Waals surface area contributed by atoms with Gasteiger partial charge in [-0.15, -0.1) is 0 Å². The third kappa shape index (κ3) is 4.30. The van der Waals surface area contributed by atoms with E-state index < -0.39 is 0 Å². The summed E-state index contributed by atoms with van der Waals surface area (Å²) in [5.41, 5.74) is 1.62. The molecule has 1 saturated carbocycles. The Morgan fingerprint density at radius 1 is 1.24 bits per heavy atom. The Hall–Kier alpha value is -2.33. The van der Waals surface area contributed by atoms with Gasteiger partial charge in [0.2, 0.25) is 5.91 Å². The second-order valence-electron chi connectivity index (χ2n) is 9.54. The lowest BCUT2D eigenvalue weighted by Crippen LogP contribution is -2.56. The summed E-state index contributed by atoms with van der Waals surface area (Å²) >= 11 is 12.3. The van der Waals surface area contributed by atoms with Crippen molar-refractivity contribution in [1.82, 2.24) is 15.2 Å². The van der Waals surface area contributed by atoms with E-state index in [0.29, 0.717) is 34.5 Å². The average Bonchev–Trinajstić information content (AvgIpc) is 3.57. The monoisotopic (exact) mass is 483 g/mol. The quantitative estimate of drug-likeness (QED) is 0.660. The van der Waals surface area contributed by atoms with Crippen molar-refractivity contribution in [2.24, 2.45) is 5.92 Å². The topological polar surface area (TPSA) is 72.3 Å². The predicted octanol–water partition coefficient (Wildman–Crippen LogP) is 4.35. The van der Waals surface area contributed by atoms with E-state index in [1.54, 1.807) is 6.20 Å². The van der Waals surface area contributed by atoms with Gasteiger partial charge in [-0.05, 0) is 55.0 Å². The van der Waals surface area contributed by atoms with Crippen molar-refractivity contribution >= 4 is 34.9 Å². The molecule has 2 aromatic rings. The average molecular weight is 484 g/mol. The summed E-state index contributed by atoms with van der Waals surface area (Å²) < 4.78 is 0. The van der Waals surface area contributed by atoms with Gasteiger partial charge in [0.15, 0.2) is 0 Å². The van der Waals surface area contributed by atoms with Crippen molar-refractivity contribution < 1.29 is 4.79 Å². The van der Waals surface area contributed by atoms with Crippen molar-refractivity contribution in [3.63, 3.8) is 0 Å². The number of likely N-dealkylation sites (tertiary alicyclic amines) is 1. The van der Waals surface area contributed by atoms with E-state index in [2.05, 4.69) is 28.2 Å². The van der Waals surface area contributed by atoms with Gasteiger partial charge in [0, 0.05) is 43.8 Å². The number of fused-ring (bicyclic) bond motifs is 2. The fourth-order valence-electron chi connectivity index (χ4n) is 5.45. The summed E-state index contributed by atoms with van der Waals surface area (Å²) in [6.07, 6.45) is 5.24. The molecule has 3 fully saturated rings. The summed E-state index contributed by atoms with van der Waals surface area (Å²) in [5, 5.41) is 13.8. The van der Waals surface area contributed by atoms with Crippen LogP contribution in [0.5, 0.6) is 0 Å². The number of nitrogens with zero attached hydrogens (tertiary/aromatic N) is 4. The normalized spacial score (nSPS) is 25.1. The maximum Gasteiger partial charge on any atom is 0.223 e. The number of pyridine rings is 1. The highest BCUT2D eigenvalue weighted by Gasteiger charge is 2.46. The van der Waals surface area contributed by atoms with Crippen LogP contribution in [-0.2, 0) is 10.3 Å². The van der Waals surface area contributed by atoms with Crippen molar-refractivity contribution in [2.45, 2.75) is 50.2 Å². The zero-order valence-corrected chi connectivity index (χ0v) is 20.1. The number of halogens is 2. The van der Waals surface area contributed by atoms with Gasteiger partial charge in [-0.1, -0.05) is 36.2 Å². The molecule has 2 saturated heterocycles. The molecule has 1 N–H and O–H groups in total. The van der Waals surface area contributed by atoms with Gasteiger partial charge in [0.25, 0.3) is 0 Å². The third-order valence-corrected chi connectivity index (χ3v) is 8.15. The Balaban J connectivity index is 1.19. The molecule has 33 heavy (non-hydrogen) atoms. The third-order valence-electron chi connectivity index (χ3n) is 7.41. The number of anilines is 1. The molecule has 2 bridgehead atoms. The molecule has 8 heteroatoms. The number of benzene rings is 1. The van der Waals surface area contributed by atoms with Gasteiger partial charge in [0.1, 0.15) is 11.9 Å². The molecule has 3 atom stereocenters. The van der Waals surface area contributed by atoms with E-state index >= 15 is 0 Å². The van der Waals surface area contributed by atoms with E-state index in [1.807, 2.05) is 35.2 Å². The van der Waals surface area contributed by atoms with E-state index in [0.717, 1.165) is 43.7 Å². The second kappa shape index (κ2) is 8.79. The van der Waals surface area contributed by atoms with Gasteiger partial charge in [-0.2, -0.15) is 5.26 Å². The Kier molecular flexibility index (Phi) is 5.98. The molecule has 0 radical (unpaired) electrons. The Morgan fingerprint density at radius 2 is 2.06 bits per heavy atom. The van der Waals surface area contributed by atoms with Gasteiger partial charge in [-0.25, -0.2) is 4.98 Å². The van der Waals surface area contributed by atoms with Gasteiger partial charge in [-0.3, -0.25) is 4.79 Å². The molecule has 1 aliphatic carbocycles. The first-order valence-electron chi connectivity index (χ1n) is 11.5. The molecule has 1 aromatic heterocycles. The molecule has 172 valence electrons. The van der Waals surface area contributed by atoms with Crippen molar-refractivity contribution in [1.29, 1.82) is 5.26 Å². The van der Waals surface area contributed by atoms with Crippen LogP contribution in [0.15, 0.2) is 36.5 Å². The molecule has 3 aliphatic rings. The first-order valence-corrected chi connectivity index (χ1v) is 12.3. The lowest BCUT2D eigenvalue weighted by atomic mass is 10.0.